The van der Waals surface area contributed by atoms with Crippen LogP contribution in [0.3, 0.4) is 0 Å². The molecule has 0 spiro atoms. The van der Waals surface area contributed by atoms with Crippen LogP contribution >= 0.6 is 11.8 Å². The van der Waals surface area contributed by atoms with E-state index < -0.39 is 0 Å². The summed E-state index contributed by atoms with van der Waals surface area (Å²) in [6.45, 7) is 8.58. The van der Waals surface area contributed by atoms with Gasteiger partial charge in [0, 0.05) is 11.6 Å². The Labute approximate surface area is 154 Å². The van der Waals surface area contributed by atoms with Crippen molar-refractivity contribution in [3.05, 3.63) is 29.8 Å². The number of nitriles is 1. The van der Waals surface area contributed by atoms with Crippen LogP contribution in [-0.4, -0.2) is 20.0 Å². The molecule has 132 valence electrons. The maximum Gasteiger partial charge on any atom is 0.193 e. The zero-order valence-electron chi connectivity index (χ0n) is 15.5. The van der Waals surface area contributed by atoms with Crippen LogP contribution in [0.4, 0.5) is 0 Å². The highest BCUT2D eigenvalue weighted by molar-refractivity contribution is 8.00. The molecule has 0 N–H and O–H groups in total. The van der Waals surface area contributed by atoms with Gasteiger partial charge in [-0.15, -0.1) is 10.2 Å². The molecule has 0 aliphatic heterocycles. The number of hydrogen-bond acceptors (Lipinski definition) is 4. The number of hydrogen-bond donors (Lipinski definition) is 0. The minimum atomic E-state index is -0.125. The smallest absolute Gasteiger partial charge is 0.193 e. The third-order valence-electron chi connectivity index (χ3n) is 4.83. The molecule has 2 aromatic rings. The van der Waals surface area contributed by atoms with Gasteiger partial charge in [-0.3, -0.25) is 4.57 Å². The van der Waals surface area contributed by atoms with Crippen LogP contribution in [0.5, 0.6) is 0 Å². The molecule has 0 saturated heterocycles. The van der Waals surface area contributed by atoms with Gasteiger partial charge in [-0.2, -0.15) is 5.26 Å². The molecule has 3 rings (SSSR count). The number of rotatable bonds is 4. The molecule has 1 aromatic heterocycles. The minimum Gasteiger partial charge on any atom is -0.299 e. The minimum absolute atomic E-state index is 0.125. The lowest BCUT2D eigenvalue weighted by molar-refractivity contribution is 0.485. The van der Waals surface area contributed by atoms with E-state index in [-0.39, 0.29) is 10.7 Å². The van der Waals surface area contributed by atoms with Gasteiger partial charge in [-0.1, -0.05) is 69.6 Å². The first-order chi connectivity index (χ1) is 11.9. The first-order valence-electron chi connectivity index (χ1n) is 9.02. The Kier molecular flexibility index (Phi) is 5.19. The summed E-state index contributed by atoms with van der Waals surface area (Å²) in [4.78, 5) is 0. The molecule has 1 aromatic carbocycles. The molecular weight excluding hydrogens is 328 g/mol. The van der Waals surface area contributed by atoms with Crippen molar-refractivity contribution in [2.45, 2.75) is 75.2 Å². The first-order valence-corrected chi connectivity index (χ1v) is 9.90. The molecule has 0 unspecified atom stereocenters. The van der Waals surface area contributed by atoms with Crippen molar-refractivity contribution in [2.24, 2.45) is 0 Å². The van der Waals surface area contributed by atoms with Gasteiger partial charge in [0.15, 0.2) is 11.0 Å². The summed E-state index contributed by atoms with van der Waals surface area (Å²) in [7, 11) is 0. The van der Waals surface area contributed by atoms with Crippen molar-refractivity contribution in [1.29, 1.82) is 5.26 Å². The predicted octanol–water partition coefficient (Wildman–Crippen LogP) is 5.36. The Morgan fingerprint density at radius 3 is 2.36 bits per heavy atom. The van der Waals surface area contributed by atoms with E-state index in [0.29, 0.717) is 6.04 Å². The summed E-state index contributed by atoms with van der Waals surface area (Å²) in [5.41, 5.74) is 2.56. The van der Waals surface area contributed by atoms with Gasteiger partial charge in [0.05, 0.1) is 11.3 Å². The number of benzene rings is 1. The number of nitrogens with zero attached hydrogens (tertiary/aromatic N) is 4. The maximum atomic E-state index is 9.15. The van der Waals surface area contributed by atoms with Crippen LogP contribution < -0.4 is 0 Å². The van der Waals surface area contributed by atoms with Gasteiger partial charge >= 0.3 is 0 Å². The van der Waals surface area contributed by atoms with Gasteiger partial charge in [0.25, 0.3) is 0 Å². The molecule has 1 aliphatic carbocycles. The largest absolute Gasteiger partial charge is 0.299 e. The van der Waals surface area contributed by atoms with Crippen molar-refractivity contribution >= 4 is 11.8 Å². The second-order valence-corrected chi connectivity index (χ2v) is 9.14. The Morgan fingerprint density at radius 1 is 1.16 bits per heavy atom. The molecule has 25 heavy (non-hydrogen) atoms. The van der Waals surface area contributed by atoms with E-state index in [0.717, 1.165) is 16.5 Å². The van der Waals surface area contributed by atoms with Gasteiger partial charge in [-0.05, 0) is 30.7 Å². The molecular formula is C20H26N4S. The molecule has 1 aliphatic rings. The Hall–Kier alpha value is -1.80. The third-order valence-corrected chi connectivity index (χ3v) is 5.78. The van der Waals surface area contributed by atoms with E-state index in [1.54, 1.807) is 0 Å². The first kappa shape index (κ1) is 18.0. The molecule has 1 saturated carbocycles. The van der Waals surface area contributed by atoms with E-state index in [9.17, 15) is 0 Å². The summed E-state index contributed by atoms with van der Waals surface area (Å²) in [5, 5.41) is 18.8. The lowest BCUT2D eigenvalue weighted by Crippen LogP contribution is -2.11. The van der Waals surface area contributed by atoms with Crippen molar-refractivity contribution in [3.63, 3.8) is 0 Å². The van der Waals surface area contributed by atoms with E-state index in [2.05, 4.69) is 65.9 Å². The molecule has 0 amide bonds. The number of aromatic nitrogens is 3. The van der Waals surface area contributed by atoms with E-state index in [1.807, 2.05) is 6.92 Å². The fourth-order valence-electron chi connectivity index (χ4n) is 3.35. The normalized spacial score (nSPS) is 16.8. The predicted molar refractivity (Wildman–Crippen MR) is 103 cm³/mol. The SMILES string of the molecule is C[C@H](C#N)Sc1nnc(-c2ccc(C(C)(C)C)cc2)n1C1CCCC1. The molecule has 5 heteroatoms. The summed E-state index contributed by atoms with van der Waals surface area (Å²) in [6.07, 6.45) is 4.84. The molecule has 1 heterocycles. The van der Waals surface area contributed by atoms with Crippen molar-refractivity contribution < 1.29 is 0 Å². The monoisotopic (exact) mass is 354 g/mol. The van der Waals surface area contributed by atoms with Gasteiger partial charge in [0.1, 0.15) is 0 Å². The average Bonchev–Trinajstić information content (AvgIpc) is 3.23. The maximum absolute atomic E-state index is 9.15. The summed E-state index contributed by atoms with van der Waals surface area (Å²) in [5.74, 6) is 0.931. The zero-order chi connectivity index (χ0) is 18.0. The third kappa shape index (κ3) is 3.90. The fraction of sp³-hybridized carbons (Fsp3) is 0.550. The Bertz CT molecular complexity index is 758. The van der Waals surface area contributed by atoms with E-state index in [1.165, 1.54) is 43.0 Å². The highest BCUT2D eigenvalue weighted by Crippen LogP contribution is 2.37. The topological polar surface area (TPSA) is 54.5 Å². The fourth-order valence-corrected chi connectivity index (χ4v) is 4.16. The van der Waals surface area contributed by atoms with Crippen molar-refractivity contribution in [1.82, 2.24) is 14.8 Å². The molecule has 0 bridgehead atoms. The van der Waals surface area contributed by atoms with Crippen LogP contribution in [-0.2, 0) is 5.41 Å². The lowest BCUT2D eigenvalue weighted by atomic mass is 9.86. The van der Waals surface area contributed by atoms with Crippen LogP contribution in [0.15, 0.2) is 29.4 Å². The highest BCUT2D eigenvalue weighted by atomic mass is 32.2. The quantitative estimate of drug-likeness (QED) is 0.693. The van der Waals surface area contributed by atoms with Crippen molar-refractivity contribution in [2.75, 3.05) is 0 Å². The second kappa shape index (κ2) is 7.21. The van der Waals surface area contributed by atoms with Gasteiger partial charge in [-0.25, -0.2) is 0 Å². The van der Waals surface area contributed by atoms with Gasteiger partial charge < -0.3 is 0 Å². The molecule has 1 fully saturated rings. The molecule has 1 atom stereocenters. The molecule has 0 radical (unpaired) electrons. The highest BCUT2D eigenvalue weighted by Gasteiger charge is 2.26. The van der Waals surface area contributed by atoms with Crippen LogP contribution in [0.25, 0.3) is 11.4 Å². The summed E-state index contributed by atoms with van der Waals surface area (Å²) < 4.78 is 2.28. The average molecular weight is 355 g/mol. The zero-order valence-corrected chi connectivity index (χ0v) is 16.3. The summed E-state index contributed by atoms with van der Waals surface area (Å²) >= 11 is 1.51. The van der Waals surface area contributed by atoms with Crippen LogP contribution in [0.2, 0.25) is 0 Å². The van der Waals surface area contributed by atoms with E-state index in [4.69, 9.17) is 5.26 Å². The Morgan fingerprint density at radius 2 is 1.80 bits per heavy atom. The lowest BCUT2D eigenvalue weighted by Gasteiger charge is -2.20. The van der Waals surface area contributed by atoms with Crippen LogP contribution in [0, 0.1) is 11.3 Å². The standard InChI is InChI=1S/C20H26N4S/c1-14(13-21)25-19-23-22-18(24(19)17-7-5-6-8-17)15-9-11-16(12-10-15)20(2,3)4/h9-12,14,17H,5-8H2,1-4H3/t14-/m1/s1. The van der Waals surface area contributed by atoms with E-state index >= 15 is 0 Å². The second-order valence-electron chi connectivity index (χ2n) is 7.83. The molecule has 4 nitrogen and oxygen atoms in total. The van der Waals surface area contributed by atoms with Crippen LogP contribution in [0.1, 0.15) is 65.0 Å². The number of thioether (sulfide) groups is 1. The van der Waals surface area contributed by atoms with Crippen molar-refractivity contribution in [3.8, 4) is 17.5 Å². The Balaban J connectivity index is 1.99. The van der Waals surface area contributed by atoms with Gasteiger partial charge in [0.2, 0.25) is 0 Å². The summed E-state index contributed by atoms with van der Waals surface area (Å²) in [6, 6.07) is 11.4.